The lowest BCUT2D eigenvalue weighted by Gasteiger charge is -2.40. The first-order valence-corrected chi connectivity index (χ1v) is 7.63. The molecule has 1 aromatic rings. The molecule has 0 bridgehead atoms. The van der Waals surface area contributed by atoms with E-state index in [1.165, 1.54) is 12.5 Å². The number of nitrogens with zero attached hydrogens (tertiary/aromatic N) is 1. The van der Waals surface area contributed by atoms with E-state index in [9.17, 15) is 9.50 Å². The predicted octanol–water partition coefficient (Wildman–Crippen LogP) is 2.68. The maximum Gasteiger partial charge on any atom is 0.146 e. The molecule has 20 heavy (non-hydrogen) atoms. The summed E-state index contributed by atoms with van der Waals surface area (Å²) in [6.07, 6.45) is 4.45. The van der Waals surface area contributed by atoms with Crippen molar-refractivity contribution in [3.8, 4) is 0 Å². The van der Waals surface area contributed by atoms with E-state index in [-0.39, 0.29) is 12.4 Å². The minimum Gasteiger partial charge on any atom is -0.395 e. The largest absolute Gasteiger partial charge is 0.395 e. The summed E-state index contributed by atoms with van der Waals surface area (Å²) in [5, 5.41) is 12.6. The van der Waals surface area contributed by atoms with Crippen molar-refractivity contribution in [2.45, 2.75) is 45.2 Å². The monoisotopic (exact) mass is 280 g/mol. The van der Waals surface area contributed by atoms with Gasteiger partial charge in [0.1, 0.15) is 5.82 Å². The first kappa shape index (κ1) is 15.3. The Morgan fingerprint density at radius 3 is 2.80 bits per heavy atom. The van der Waals surface area contributed by atoms with Crippen LogP contribution < -0.4 is 10.2 Å². The Bertz CT molecular complexity index is 421. The van der Waals surface area contributed by atoms with Gasteiger partial charge in [0.2, 0.25) is 0 Å². The highest BCUT2D eigenvalue weighted by Crippen LogP contribution is 2.33. The molecule has 0 heterocycles. The van der Waals surface area contributed by atoms with E-state index >= 15 is 0 Å². The van der Waals surface area contributed by atoms with Gasteiger partial charge in [-0.2, -0.15) is 0 Å². The van der Waals surface area contributed by atoms with Gasteiger partial charge in [0.25, 0.3) is 0 Å². The van der Waals surface area contributed by atoms with Crippen molar-refractivity contribution in [1.29, 1.82) is 0 Å². The van der Waals surface area contributed by atoms with E-state index in [0.29, 0.717) is 24.8 Å². The Morgan fingerprint density at radius 2 is 2.20 bits per heavy atom. The third kappa shape index (κ3) is 3.49. The number of aliphatic hydroxyl groups is 1. The number of hydrogen-bond acceptors (Lipinski definition) is 3. The summed E-state index contributed by atoms with van der Waals surface area (Å²) >= 11 is 0. The lowest BCUT2D eigenvalue weighted by Crippen LogP contribution is -2.43. The van der Waals surface area contributed by atoms with Crippen LogP contribution in [0.5, 0.6) is 0 Å². The lowest BCUT2D eigenvalue weighted by molar-refractivity contribution is 0.282. The minimum absolute atomic E-state index is 0.0622. The van der Waals surface area contributed by atoms with Gasteiger partial charge in [-0.15, -0.1) is 0 Å². The number of para-hydroxylation sites is 1. The molecule has 1 fully saturated rings. The second kappa shape index (κ2) is 7.60. The summed E-state index contributed by atoms with van der Waals surface area (Å²) in [5.41, 5.74) is 1.66. The molecule has 2 N–H and O–H groups in total. The normalized spacial score (nSPS) is 15.2. The van der Waals surface area contributed by atoms with Gasteiger partial charge in [-0.1, -0.05) is 19.1 Å². The molecule has 0 radical (unpaired) electrons. The van der Waals surface area contributed by atoms with Crippen molar-refractivity contribution < 1.29 is 9.50 Å². The van der Waals surface area contributed by atoms with Crippen molar-refractivity contribution in [1.82, 2.24) is 5.32 Å². The fourth-order valence-electron chi connectivity index (χ4n) is 2.71. The summed E-state index contributed by atoms with van der Waals surface area (Å²) in [6, 6.07) is 5.63. The first-order valence-electron chi connectivity index (χ1n) is 7.63. The molecule has 1 aliphatic carbocycles. The third-order valence-corrected chi connectivity index (χ3v) is 3.96. The highest BCUT2D eigenvalue weighted by Gasteiger charge is 2.28. The quantitative estimate of drug-likeness (QED) is 0.719. The van der Waals surface area contributed by atoms with Crippen molar-refractivity contribution >= 4 is 5.69 Å². The van der Waals surface area contributed by atoms with Gasteiger partial charge in [-0.3, -0.25) is 0 Å². The van der Waals surface area contributed by atoms with Crippen LogP contribution in [0, 0.1) is 5.82 Å². The van der Waals surface area contributed by atoms with Gasteiger partial charge in [0, 0.05) is 19.1 Å². The molecule has 112 valence electrons. The lowest BCUT2D eigenvalue weighted by atomic mass is 9.90. The van der Waals surface area contributed by atoms with Gasteiger partial charge in [-0.05, 0) is 43.9 Å². The van der Waals surface area contributed by atoms with Crippen LogP contribution in [0.4, 0.5) is 10.1 Å². The summed E-state index contributed by atoms with van der Waals surface area (Å²) in [4.78, 5) is 2.06. The smallest absolute Gasteiger partial charge is 0.146 e. The van der Waals surface area contributed by atoms with E-state index in [4.69, 9.17) is 0 Å². The summed E-state index contributed by atoms with van der Waals surface area (Å²) in [7, 11) is 0. The van der Waals surface area contributed by atoms with Crippen LogP contribution >= 0.6 is 0 Å². The fourth-order valence-corrected chi connectivity index (χ4v) is 2.71. The maximum absolute atomic E-state index is 14.3. The van der Waals surface area contributed by atoms with Crippen LogP contribution in [-0.2, 0) is 6.54 Å². The maximum atomic E-state index is 14.3. The van der Waals surface area contributed by atoms with Crippen molar-refractivity contribution in [2.24, 2.45) is 0 Å². The Kier molecular flexibility index (Phi) is 5.80. The van der Waals surface area contributed by atoms with Crippen LogP contribution in [0.2, 0.25) is 0 Å². The van der Waals surface area contributed by atoms with E-state index in [1.54, 1.807) is 6.07 Å². The van der Waals surface area contributed by atoms with Crippen LogP contribution in [0.1, 0.15) is 38.2 Å². The molecule has 0 aromatic heterocycles. The zero-order chi connectivity index (χ0) is 14.4. The Morgan fingerprint density at radius 1 is 1.40 bits per heavy atom. The topological polar surface area (TPSA) is 35.5 Å². The average Bonchev–Trinajstić information content (AvgIpc) is 2.37. The number of hydrogen-bond donors (Lipinski definition) is 2. The van der Waals surface area contributed by atoms with Crippen LogP contribution in [0.3, 0.4) is 0 Å². The van der Waals surface area contributed by atoms with E-state index in [2.05, 4.69) is 17.1 Å². The second-order valence-corrected chi connectivity index (χ2v) is 5.43. The zero-order valence-electron chi connectivity index (χ0n) is 12.2. The van der Waals surface area contributed by atoms with E-state index < -0.39 is 0 Å². The second-order valence-electron chi connectivity index (χ2n) is 5.43. The van der Waals surface area contributed by atoms with Gasteiger partial charge < -0.3 is 15.3 Å². The van der Waals surface area contributed by atoms with Gasteiger partial charge in [0.05, 0.1) is 12.3 Å². The molecular formula is C16H25FN2O. The number of halogens is 1. The summed E-state index contributed by atoms with van der Waals surface area (Å²) in [6.45, 7) is 4.29. The van der Waals surface area contributed by atoms with Gasteiger partial charge in [-0.25, -0.2) is 4.39 Å². The Balaban J connectivity index is 2.21. The van der Waals surface area contributed by atoms with Crippen molar-refractivity contribution in [2.75, 3.05) is 24.6 Å². The molecule has 4 heteroatoms. The van der Waals surface area contributed by atoms with Crippen LogP contribution in [-0.4, -0.2) is 30.8 Å². The molecule has 0 atom stereocenters. The molecule has 1 aliphatic rings. The Hall–Kier alpha value is -1.13. The van der Waals surface area contributed by atoms with Crippen molar-refractivity contribution in [3.63, 3.8) is 0 Å². The zero-order valence-corrected chi connectivity index (χ0v) is 12.2. The number of nitrogens with one attached hydrogen (secondary N) is 1. The fraction of sp³-hybridized carbons (Fsp3) is 0.625. The summed E-state index contributed by atoms with van der Waals surface area (Å²) < 4.78 is 14.3. The first-order chi connectivity index (χ1) is 9.77. The molecule has 0 unspecified atom stereocenters. The summed E-state index contributed by atoms with van der Waals surface area (Å²) in [5.74, 6) is -0.179. The minimum atomic E-state index is -0.179. The molecule has 1 aromatic carbocycles. The highest BCUT2D eigenvalue weighted by atomic mass is 19.1. The number of aliphatic hydroxyl groups excluding tert-OH is 1. The number of anilines is 1. The van der Waals surface area contributed by atoms with E-state index in [0.717, 1.165) is 31.4 Å². The van der Waals surface area contributed by atoms with Crippen molar-refractivity contribution in [3.05, 3.63) is 29.6 Å². The van der Waals surface area contributed by atoms with Crippen LogP contribution in [0.25, 0.3) is 0 Å². The molecular weight excluding hydrogens is 255 g/mol. The Labute approximate surface area is 120 Å². The molecule has 0 saturated heterocycles. The molecule has 3 nitrogen and oxygen atoms in total. The van der Waals surface area contributed by atoms with Gasteiger partial charge >= 0.3 is 0 Å². The van der Waals surface area contributed by atoms with Crippen LogP contribution in [0.15, 0.2) is 18.2 Å². The molecule has 2 rings (SSSR count). The molecule has 0 spiro atoms. The molecule has 1 saturated carbocycles. The number of rotatable bonds is 8. The SMILES string of the molecule is CCCNCc1cccc(F)c1N(CCO)C1CCC1. The number of benzene rings is 1. The predicted molar refractivity (Wildman–Crippen MR) is 80.5 cm³/mol. The van der Waals surface area contributed by atoms with Gasteiger partial charge in [0.15, 0.2) is 0 Å². The highest BCUT2D eigenvalue weighted by molar-refractivity contribution is 5.56. The third-order valence-electron chi connectivity index (χ3n) is 3.96. The average molecular weight is 280 g/mol. The standard InChI is InChI=1S/C16H25FN2O/c1-2-9-18-12-13-5-3-8-15(17)16(13)19(10-11-20)14-6-4-7-14/h3,5,8,14,18,20H,2,4,6-7,9-12H2,1H3. The van der Waals surface area contributed by atoms with E-state index in [1.807, 2.05) is 6.07 Å². The molecule has 0 aliphatic heterocycles. The molecule has 0 amide bonds.